The summed E-state index contributed by atoms with van der Waals surface area (Å²) in [6.07, 6.45) is 0.977. The minimum Gasteiger partial charge on any atom is -0.481 e. The van der Waals surface area contributed by atoms with E-state index in [4.69, 9.17) is 5.11 Å². The zero-order valence-corrected chi connectivity index (χ0v) is 9.70. The van der Waals surface area contributed by atoms with Gasteiger partial charge in [-0.05, 0) is 7.05 Å². The van der Waals surface area contributed by atoms with Crippen LogP contribution in [0.15, 0.2) is 0 Å². The van der Waals surface area contributed by atoms with Crippen LogP contribution >= 0.6 is 0 Å². The van der Waals surface area contributed by atoms with E-state index in [0.29, 0.717) is 19.6 Å². The van der Waals surface area contributed by atoms with E-state index in [1.165, 1.54) is 4.31 Å². The molecule has 0 saturated carbocycles. The smallest absolute Gasteiger partial charge is 0.305 e. The Kier molecular flexibility index (Phi) is 3.69. The minimum absolute atomic E-state index is 0.141. The highest BCUT2D eigenvalue weighted by molar-refractivity contribution is 7.88. The highest BCUT2D eigenvalue weighted by atomic mass is 32.2. The third-order valence-electron chi connectivity index (χ3n) is 2.47. The summed E-state index contributed by atoms with van der Waals surface area (Å²) in [6.45, 7) is 1.48. The van der Waals surface area contributed by atoms with Gasteiger partial charge in [0.25, 0.3) is 0 Å². The molecule has 15 heavy (non-hydrogen) atoms. The molecular weight excluding hydrogens is 220 g/mol. The maximum Gasteiger partial charge on any atom is 0.305 e. The standard InChI is InChI=1S/C8H16N2O4S/c1-9-3-4-10(15(2,13)14)7(6-9)5-8(11)12/h7H,3-6H2,1-2H3,(H,11,12). The van der Waals surface area contributed by atoms with Crippen LogP contribution in [-0.2, 0) is 14.8 Å². The molecule has 1 atom stereocenters. The van der Waals surface area contributed by atoms with Gasteiger partial charge >= 0.3 is 5.97 Å². The molecule has 0 spiro atoms. The number of piperazine rings is 1. The summed E-state index contributed by atoms with van der Waals surface area (Å²) in [5.74, 6) is -0.969. The number of nitrogens with zero attached hydrogens (tertiary/aromatic N) is 2. The number of hydrogen-bond donors (Lipinski definition) is 1. The monoisotopic (exact) mass is 236 g/mol. The molecule has 7 heteroatoms. The molecule has 6 nitrogen and oxygen atoms in total. The second-order valence-electron chi connectivity index (χ2n) is 3.89. The van der Waals surface area contributed by atoms with Gasteiger partial charge in [-0.15, -0.1) is 0 Å². The van der Waals surface area contributed by atoms with Crippen molar-refractivity contribution in [3.63, 3.8) is 0 Å². The van der Waals surface area contributed by atoms with Crippen LogP contribution in [0.5, 0.6) is 0 Å². The van der Waals surface area contributed by atoms with Crippen LogP contribution < -0.4 is 0 Å². The minimum atomic E-state index is -3.30. The molecule has 0 aromatic carbocycles. The first kappa shape index (κ1) is 12.4. The van der Waals surface area contributed by atoms with Crippen molar-refractivity contribution in [2.45, 2.75) is 12.5 Å². The molecule has 0 aliphatic carbocycles. The van der Waals surface area contributed by atoms with Gasteiger partial charge in [-0.3, -0.25) is 4.79 Å². The van der Waals surface area contributed by atoms with Crippen molar-refractivity contribution in [2.24, 2.45) is 0 Å². The van der Waals surface area contributed by atoms with Gasteiger partial charge in [-0.1, -0.05) is 0 Å². The van der Waals surface area contributed by atoms with Crippen molar-refractivity contribution < 1.29 is 18.3 Å². The number of rotatable bonds is 3. The molecular formula is C8H16N2O4S. The average Bonchev–Trinajstić information content (AvgIpc) is 1.99. The Hall–Kier alpha value is -0.660. The summed E-state index contributed by atoms with van der Waals surface area (Å²) in [4.78, 5) is 12.5. The number of likely N-dealkylation sites (N-methyl/N-ethyl adjacent to an activating group) is 1. The lowest BCUT2D eigenvalue weighted by atomic mass is 10.1. The van der Waals surface area contributed by atoms with Crippen molar-refractivity contribution in [3.05, 3.63) is 0 Å². The largest absolute Gasteiger partial charge is 0.481 e. The first-order valence-corrected chi connectivity index (χ1v) is 6.52. The predicted octanol–water partition coefficient (Wildman–Crippen LogP) is -0.963. The Morgan fingerprint density at radius 2 is 2.07 bits per heavy atom. The maximum absolute atomic E-state index is 11.4. The van der Waals surface area contributed by atoms with Crippen molar-refractivity contribution in [3.8, 4) is 0 Å². The topological polar surface area (TPSA) is 77.9 Å². The summed E-state index contributed by atoms with van der Waals surface area (Å²) in [6, 6.07) is -0.448. The van der Waals surface area contributed by atoms with Gasteiger partial charge in [0.2, 0.25) is 10.0 Å². The number of sulfonamides is 1. The molecule has 0 amide bonds. The van der Waals surface area contributed by atoms with Gasteiger partial charge < -0.3 is 10.0 Å². The highest BCUT2D eigenvalue weighted by Gasteiger charge is 2.32. The van der Waals surface area contributed by atoms with E-state index in [1.54, 1.807) is 0 Å². The zero-order valence-electron chi connectivity index (χ0n) is 8.88. The van der Waals surface area contributed by atoms with E-state index in [9.17, 15) is 13.2 Å². The molecule has 0 aromatic heterocycles. The third-order valence-corrected chi connectivity index (χ3v) is 3.80. The summed E-state index contributed by atoms with van der Waals surface area (Å²) in [7, 11) is -1.45. The van der Waals surface area contributed by atoms with Crippen molar-refractivity contribution in [1.82, 2.24) is 9.21 Å². The van der Waals surface area contributed by atoms with Gasteiger partial charge in [0.15, 0.2) is 0 Å². The van der Waals surface area contributed by atoms with Gasteiger partial charge in [0, 0.05) is 25.7 Å². The average molecular weight is 236 g/mol. The molecule has 88 valence electrons. The summed E-state index contributed by atoms with van der Waals surface area (Å²) >= 11 is 0. The molecule has 1 heterocycles. The number of hydrogen-bond acceptors (Lipinski definition) is 4. The third kappa shape index (κ3) is 3.44. The molecule has 1 aliphatic rings. The van der Waals surface area contributed by atoms with Crippen molar-refractivity contribution in [2.75, 3.05) is 32.9 Å². The van der Waals surface area contributed by atoms with Crippen LogP contribution in [-0.4, -0.2) is 67.7 Å². The SMILES string of the molecule is CN1CCN(S(C)(=O)=O)C(CC(=O)O)C1. The summed E-state index contributed by atoms with van der Waals surface area (Å²) in [5, 5.41) is 8.70. The fourth-order valence-corrected chi connectivity index (χ4v) is 2.89. The number of carboxylic acid groups (broad SMARTS) is 1. The molecule has 1 rings (SSSR count). The van der Waals surface area contributed by atoms with E-state index < -0.39 is 22.0 Å². The molecule has 1 saturated heterocycles. The second-order valence-corrected chi connectivity index (χ2v) is 5.82. The van der Waals surface area contributed by atoms with Crippen LogP contribution in [0.2, 0.25) is 0 Å². The fourth-order valence-electron chi connectivity index (χ4n) is 1.80. The van der Waals surface area contributed by atoms with Crippen LogP contribution in [0.3, 0.4) is 0 Å². The number of aliphatic carboxylic acids is 1. The van der Waals surface area contributed by atoms with Gasteiger partial charge in [0.05, 0.1) is 12.7 Å². The van der Waals surface area contributed by atoms with Crippen LogP contribution in [0.4, 0.5) is 0 Å². The molecule has 0 radical (unpaired) electrons. The van der Waals surface area contributed by atoms with E-state index in [2.05, 4.69) is 0 Å². The number of carbonyl (C=O) groups is 1. The molecule has 0 bridgehead atoms. The lowest BCUT2D eigenvalue weighted by Gasteiger charge is -2.37. The van der Waals surface area contributed by atoms with Crippen molar-refractivity contribution in [1.29, 1.82) is 0 Å². The Balaban J connectivity index is 2.80. The second kappa shape index (κ2) is 4.46. The summed E-state index contributed by atoms with van der Waals surface area (Å²) in [5.41, 5.74) is 0. The van der Waals surface area contributed by atoms with Crippen LogP contribution in [0.25, 0.3) is 0 Å². The van der Waals surface area contributed by atoms with E-state index >= 15 is 0 Å². The fraction of sp³-hybridized carbons (Fsp3) is 0.875. The van der Waals surface area contributed by atoms with Crippen LogP contribution in [0, 0.1) is 0 Å². The molecule has 1 aliphatic heterocycles. The Morgan fingerprint density at radius 1 is 1.47 bits per heavy atom. The quantitative estimate of drug-likeness (QED) is 0.682. The molecule has 0 aromatic rings. The molecule has 1 N–H and O–H groups in total. The Morgan fingerprint density at radius 3 is 2.53 bits per heavy atom. The van der Waals surface area contributed by atoms with E-state index in [-0.39, 0.29) is 6.42 Å². The lowest BCUT2D eigenvalue weighted by molar-refractivity contribution is -0.138. The molecule has 1 unspecified atom stereocenters. The first-order chi connectivity index (χ1) is 6.80. The zero-order chi connectivity index (χ0) is 11.6. The normalized spacial score (nSPS) is 25.3. The Bertz CT molecular complexity index is 341. The van der Waals surface area contributed by atoms with Gasteiger partial charge in [-0.2, -0.15) is 4.31 Å². The number of carboxylic acids is 1. The van der Waals surface area contributed by atoms with Gasteiger partial charge in [0.1, 0.15) is 0 Å². The highest BCUT2D eigenvalue weighted by Crippen LogP contribution is 2.15. The molecule has 1 fully saturated rings. The predicted molar refractivity (Wildman–Crippen MR) is 55.1 cm³/mol. The van der Waals surface area contributed by atoms with Gasteiger partial charge in [-0.25, -0.2) is 8.42 Å². The first-order valence-electron chi connectivity index (χ1n) is 4.68. The van der Waals surface area contributed by atoms with Crippen molar-refractivity contribution >= 4 is 16.0 Å². The van der Waals surface area contributed by atoms with E-state index in [0.717, 1.165) is 6.26 Å². The maximum atomic E-state index is 11.4. The van der Waals surface area contributed by atoms with E-state index in [1.807, 2.05) is 11.9 Å². The lowest BCUT2D eigenvalue weighted by Crippen LogP contribution is -2.54. The van der Waals surface area contributed by atoms with Crippen LogP contribution in [0.1, 0.15) is 6.42 Å². The summed E-state index contributed by atoms with van der Waals surface area (Å²) < 4.78 is 24.1. The Labute approximate surface area is 89.5 Å².